The Kier molecular flexibility index (Phi) is 9.54. The van der Waals surface area contributed by atoms with Crippen LogP contribution in [0.5, 0.6) is 0 Å². The van der Waals surface area contributed by atoms with Gasteiger partial charge in [0.25, 0.3) is 0 Å². The molecule has 0 amide bonds. The number of hydrogen-bond acceptors (Lipinski definition) is 2. The van der Waals surface area contributed by atoms with Crippen molar-refractivity contribution in [1.82, 2.24) is 10.6 Å². The number of nitrogens with one attached hydrogen (secondary N) is 2. The summed E-state index contributed by atoms with van der Waals surface area (Å²) in [6, 6.07) is 3.85. The van der Waals surface area contributed by atoms with Gasteiger partial charge in [-0.2, -0.15) is 0 Å². The summed E-state index contributed by atoms with van der Waals surface area (Å²) in [7, 11) is 0. The van der Waals surface area contributed by atoms with Crippen LogP contribution >= 0.6 is 24.0 Å². The van der Waals surface area contributed by atoms with E-state index in [-0.39, 0.29) is 24.0 Å². The van der Waals surface area contributed by atoms with Crippen molar-refractivity contribution in [2.24, 2.45) is 10.9 Å². The molecule has 1 fully saturated rings. The molecule has 2 rings (SSSR count). The molecule has 2 N–H and O–H groups in total. The van der Waals surface area contributed by atoms with Gasteiger partial charge in [0.2, 0.25) is 0 Å². The predicted molar refractivity (Wildman–Crippen MR) is 98.1 cm³/mol. The van der Waals surface area contributed by atoms with Crippen LogP contribution in [0.1, 0.15) is 51.2 Å². The number of halogens is 1. The fraction of sp³-hybridized carbons (Fsp3) is 0.688. The molecule has 0 bridgehead atoms. The highest BCUT2D eigenvalue weighted by Gasteiger charge is 2.12. The SMILES string of the molecule is CCNC(=NCc1ccco1)NCCC1CCCCC1.I. The number of guanidine groups is 1. The van der Waals surface area contributed by atoms with E-state index in [9.17, 15) is 0 Å². The lowest BCUT2D eigenvalue weighted by Crippen LogP contribution is -2.38. The number of nitrogens with zero attached hydrogens (tertiary/aromatic N) is 1. The molecular weight excluding hydrogens is 377 g/mol. The molecule has 0 radical (unpaired) electrons. The van der Waals surface area contributed by atoms with Gasteiger partial charge in [0, 0.05) is 13.1 Å². The average Bonchev–Trinajstić information content (AvgIpc) is 2.99. The van der Waals surface area contributed by atoms with Gasteiger partial charge in [-0.25, -0.2) is 4.99 Å². The monoisotopic (exact) mass is 405 g/mol. The number of rotatable bonds is 6. The summed E-state index contributed by atoms with van der Waals surface area (Å²) >= 11 is 0. The topological polar surface area (TPSA) is 49.6 Å². The van der Waals surface area contributed by atoms with Crippen molar-refractivity contribution in [1.29, 1.82) is 0 Å². The van der Waals surface area contributed by atoms with E-state index < -0.39 is 0 Å². The Bertz CT molecular complexity index is 386. The second-order valence-corrected chi connectivity index (χ2v) is 5.49. The third-order valence-corrected chi connectivity index (χ3v) is 3.89. The molecule has 4 nitrogen and oxygen atoms in total. The molecule has 0 unspecified atom stereocenters. The Morgan fingerprint density at radius 2 is 2.10 bits per heavy atom. The van der Waals surface area contributed by atoms with Gasteiger partial charge < -0.3 is 15.1 Å². The first-order valence-electron chi connectivity index (χ1n) is 7.93. The summed E-state index contributed by atoms with van der Waals surface area (Å²) in [5.41, 5.74) is 0. The minimum absolute atomic E-state index is 0. The lowest BCUT2D eigenvalue weighted by Gasteiger charge is -2.22. The molecule has 0 aliphatic heterocycles. The summed E-state index contributed by atoms with van der Waals surface area (Å²) in [5.74, 6) is 2.69. The van der Waals surface area contributed by atoms with E-state index in [4.69, 9.17) is 4.42 Å². The lowest BCUT2D eigenvalue weighted by molar-refractivity contribution is 0.339. The Labute approximate surface area is 145 Å². The van der Waals surface area contributed by atoms with E-state index >= 15 is 0 Å². The van der Waals surface area contributed by atoms with Crippen molar-refractivity contribution < 1.29 is 4.42 Å². The Balaban J connectivity index is 0.00000220. The molecule has 1 aromatic rings. The van der Waals surface area contributed by atoms with Crippen molar-refractivity contribution in [3.05, 3.63) is 24.2 Å². The number of aliphatic imine (C=N–C) groups is 1. The van der Waals surface area contributed by atoms with Crippen molar-refractivity contribution in [3.8, 4) is 0 Å². The second-order valence-electron chi connectivity index (χ2n) is 5.49. The van der Waals surface area contributed by atoms with Crippen molar-refractivity contribution in [3.63, 3.8) is 0 Å². The third kappa shape index (κ3) is 7.20. The maximum Gasteiger partial charge on any atom is 0.191 e. The maximum atomic E-state index is 5.30. The van der Waals surface area contributed by atoms with Gasteiger partial charge in [-0.3, -0.25) is 0 Å². The highest BCUT2D eigenvalue weighted by molar-refractivity contribution is 14.0. The van der Waals surface area contributed by atoms with E-state index in [1.807, 2.05) is 12.1 Å². The largest absolute Gasteiger partial charge is 0.467 e. The number of furan rings is 1. The van der Waals surface area contributed by atoms with E-state index in [2.05, 4.69) is 22.5 Å². The van der Waals surface area contributed by atoms with Crippen LogP contribution in [0, 0.1) is 5.92 Å². The summed E-state index contributed by atoms with van der Waals surface area (Å²) in [6.45, 7) is 4.57. The lowest BCUT2D eigenvalue weighted by atomic mass is 9.87. The number of hydrogen-bond donors (Lipinski definition) is 2. The fourth-order valence-electron chi connectivity index (χ4n) is 2.77. The molecule has 0 atom stereocenters. The molecule has 1 aliphatic carbocycles. The van der Waals surface area contributed by atoms with Crippen LogP contribution in [-0.2, 0) is 6.54 Å². The molecule has 1 saturated carbocycles. The van der Waals surface area contributed by atoms with Crippen LogP contribution in [0.15, 0.2) is 27.8 Å². The first-order chi connectivity index (χ1) is 9.88. The molecule has 1 aromatic heterocycles. The highest BCUT2D eigenvalue weighted by Crippen LogP contribution is 2.25. The summed E-state index contributed by atoms with van der Waals surface area (Å²) in [6.07, 6.45) is 10.0. The van der Waals surface area contributed by atoms with E-state index in [0.717, 1.165) is 30.7 Å². The van der Waals surface area contributed by atoms with Gasteiger partial charge >= 0.3 is 0 Å². The first kappa shape index (κ1) is 18.3. The van der Waals surface area contributed by atoms with Gasteiger partial charge in [0.05, 0.1) is 6.26 Å². The molecule has 120 valence electrons. The second kappa shape index (κ2) is 10.9. The smallest absolute Gasteiger partial charge is 0.191 e. The van der Waals surface area contributed by atoms with Crippen LogP contribution in [0.4, 0.5) is 0 Å². The van der Waals surface area contributed by atoms with Crippen molar-refractivity contribution in [2.45, 2.75) is 52.0 Å². The van der Waals surface area contributed by atoms with Crippen molar-refractivity contribution in [2.75, 3.05) is 13.1 Å². The maximum absolute atomic E-state index is 5.30. The molecule has 1 aliphatic rings. The molecule has 0 saturated heterocycles. The third-order valence-electron chi connectivity index (χ3n) is 3.89. The standard InChI is InChI=1S/C16H27N3O.HI/c1-2-17-16(19-13-15-9-6-12-20-15)18-11-10-14-7-4-3-5-8-14;/h6,9,12,14H,2-5,7-8,10-11,13H2,1H3,(H2,17,18,19);1H. The first-order valence-corrected chi connectivity index (χ1v) is 7.93. The zero-order valence-electron chi connectivity index (χ0n) is 12.9. The van der Waals surface area contributed by atoms with Gasteiger partial charge in [0.1, 0.15) is 12.3 Å². The summed E-state index contributed by atoms with van der Waals surface area (Å²) in [4.78, 5) is 4.54. The Hall–Kier alpha value is -0.720. The highest BCUT2D eigenvalue weighted by atomic mass is 127. The zero-order chi connectivity index (χ0) is 14.0. The van der Waals surface area contributed by atoms with Gasteiger partial charge in [-0.15, -0.1) is 24.0 Å². The zero-order valence-corrected chi connectivity index (χ0v) is 15.3. The van der Waals surface area contributed by atoms with Crippen LogP contribution in [0.2, 0.25) is 0 Å². The van der Waals surface area contributed by atoms with E-state index in [0.29, 0.717) is 6.54 Å². The summed E-state index contributed by atoms with van der Waals surface area (Å²) < 4.78 is 5.30. The predicted octanol–water partition coefficient (Wildman–Crippen LogP) is 3.92. The van der Waals surface area contributed by atoms with Crippen LogP contribution < -0.4 is 10.6 Å². The minimum atomic E-state index is 0. The van der Waals surface area contributed by atoms with Gasteiger partial charge in [-0.1, -0.05) is 32.1 Å². The molecule has 0 spiro atoms. The van der Waals surface area contributed by atoms with Crippen LogP contribution in [0.25, 0.3) is 0 Å². The Morgan fingerprint density at radius 1 is 1.29 bits per heavy atom. The molecule has 5 heteroatoms. The molecule has 0 aromatic carbocycles. The van der Waals surface area contributed by atoms with Gasteiger partial charge in [-0.05, 0) is 31.4 Å². The Morgan fingerprint density at radius 3 is 2.76 bits per heavy atom. The average molecular weight is 405 g/mol. The molecular formula is C16H28IN3O. The van der Waals surface area contributed by atoms with E-state index in [1.165, 1.54) is 38.5 Å². The fourth-order valence-corrected chi connectivity index (χ4v) is 2.77. The van der Waals surface area contributed by atoms with E-state index in [1.54, 1.807) is 6.26 Å². The van der Waals surface area contributed by atoms with Crippen molar-refractivity contribution >= 4 is 29.9 Å². The quantitative estimate of drug-likeness (QED) is 0.429. The molecule has 21 heavy (non-hydrogen) atoms. The van der Waals surface area contributed by atoms with Gasteiger partial charge in [0.15, 0.2) is 5.96 Å². The van der Waals surface area contributed by atoms with Crippen LogP contribution in [0.3, 0.4) is 0 Å². The summed E-state index contributed by atoms with van der Waals surface area (Å²) in [5, 5.41) is 6.71. The normalized spacial score (nSPS) is 16.3. The van der Waals surface area contributed by atoms with Crippen LogP contribution in [-0.4, -0.2) is 19.0 Å². The molecule has 1 heterocycles. The minimum Gasteiger partial charge on any atom is -0.467 e.